The third-order valence-corrected chi connectivity index (χ3v) is 2.05. The minimum atomic E-state index is 0. The van der Waals surface area contributed by atoms with Crippen LogP contribution in [0.5, 0.6) is 0 Å². The monoisotopic (exact) mass is 329 g/mol. The van der Waals surface area contributed by atoms with Crippen LogP contribution in [0.25, 0.3) is 0 Å². The number of anilines is 1. The van der Waals surface area contributed by atoms with Gasteiger partial charge in [-0.3, -0.25) is 0 Å². The van der Waals surface area contributed by atoms with Gasteiger partial charge in [-0.05, 0) is 19.1 Å². The van der Waals surface area contributed by atoms with Crippen LogP contribution >= 0.6 is 12.2 Å². The molecule has 13 heavy (non-hydrogen) atoms. The number of para-hydroxylation sites is 1. The van der Waals surface area contributed by atoms with Crippen LogP contribution in [0.15, 0.2) is 30.3 Å². The van der Waals surface area contributed by atoms with Crippen molar-refractivity contribution in [3.63, 3.8) is 0 Å². The van der Waals surface area contributed by atoms with Gasteiger partial charge in [-0.15, -0.1) is 0 Å². The van der Waals surface area contributed by atoms with Gasteiger partial charge in [0.1, 0.15) is 0 Å². The number of benzene rings is 1. The van der Waals surface area contributed by atoms with Gasteiger partial charge in [0.2, 0.25) is 0 Å². The molecule has 64 valence electrons. The zero-order chi connectivity index (χ0) is 8.97. The average molecular weight is 329 g/mol. The van der Waals surface area contributed by atoms with E-state index in [1.54, 1.807) is 0 Å². The molecule has 1 nitrogen and oxygen atoms in total. The van der Waals surface area contributed by atoms with Crippen LogP contribution in [0.2, 0.25) is 0 Å². The molecule has 0 fully saturated rings. The molecular formula is C9H10CsNS2. The Kier molecular flexibility index (Phi) is 8.46. The van der Waals surface area contributed by atoms with Gasteiger partial charge in [-0.1, -0.05) is 22.5 Å². The first kappa shape index (κ1) is 14.4. The first-order valence-corrected chi connectivity index (χ1v) is 4.61. The molecule has 1 aromatic rings. The molecular weight excluding hydrogens is 319 g/mol. The van der Waals surface area contributed by atoms with E-state index in [0.29, 0.717) is 4.32 Å². The van der Waals surface area contributed by atoms with E-state index in [0.717, 1.165) is 12.2 Å². The van der Waals surface area contributed by atoms with Crippen molar-refractivity contribution in [1.82, 2.24) is 0 Å². The molecule has 0 bridgehead atoms. The normalized spacial score (nSPS) is 8.69. The van der Waals surface area contributed by atoms with Gasteiger partial charge in [0.15, 0.2) is 0 Å². The van der Waals surface area contributed by atoms with Crippen molar-refractivity contribution in [2.24, 2.45) is 0 Å². The third-order valence-electron chi connectivity index (χ3n) is 1.60. The van der Waals surface area contributed by atoms with Crippen molar-refractivity contribution in [1.29, 1.82) is 0 Å². The molecule has 0 saturated heterocycles. The van der Waals surface area contributed by atoms with E-state index < -0.39 is 0 Å². The van der Waals surface area contributed by atoms with E-state index in [1.807, 2.05) is 42.2 Å². The van der Waals surface area contributed by atoms with Crippen LogP contribution < -0.4 is 73.8 Å². The number of hydrogen-bond donors (Lipinski definition) is 0. The molecule has 0 aromatic heterocycles. The molecule has 0 aliphatic carbocycles. The summed E-state index contributed by atoms with van der Waals surface area (Å²) in [5.74, 6) is 0. The molecule has 0 N–H and O–H groups in total. The summed E-state index contributed by atoms with van der Waals surface area (Å²) < 4.78 is 0.503. The summed E-state index contributed by atoms with van der Waals surface area (Å²) in [5, 5.41) is 0. The van der Waals surface area contributed by atoms with E-state index in [1.165, 1.54) is 0 Å². The SMILES string of the molecule is CCN(C(=S)[S-])c1ccccc1.[Cs+]. The van der Waals surface area contributed by atoms with Crippen LogP contribution in [-0.4, -0.2) is 10.9 Å². The van der Waals surface area contributed by atoms with Gasteiger partial charge in [0.25, 0.3) is 0 Å². The summed E-state index contributed by atoms with van der Waals surface area (Å²) >= 11 is 9.88. The Bertz CT molecular complexity index is 264. The molecule has 0 amide bonds. The molecule has 4 heteroatoms. The largest absolute Gasteiger partial charge is 1.00 e. The Balaban J connectivity index is 0.00000144. The van der Waals surface area contributed by atoms with Crippen molar-refractivity contribution in [2.75, 3.05) is 11.4 Å². The first-order chi connectivity index (χ1) is 5.75. The fraction of sp³-hybridized carbons (Fsp3) is 0.222. The summed E-state index contributed by atoms with van der Waals surface area (Å²) in [6, 6.07) is 9.94. The van der Waals surface area contributed by atoms with E-state index in [2.05, 4.69) is 0 Å². The van der Waals surface area contributed by atoms with Crippen LogP contribution in [0.1, 0.15) is 6.92 Å². The molecule has 1 aromatic carbocycles. The van der Waals surface area contributed by atoms with Gasteiger partial charge in [0, 0.05) is 12.2 Å². The van der Waals surface area contributed by atoms with E-state index in [9.17, 15) is 0 Å². The maximum absolute atomic E-state index is 4.94. The fourth-order valence-corrected chi connectivity index (χ4v) is 1.49. The molecule has 0 saturated carbocycles. The van der Waals surface area contributed by atoms with Crippen LogP contribution in [0.3, 0.4) is 0 Å². The molecule has 0 spiro atoms. The van der Waals surface area contributed by atoms with Crippen LogP contribution in [0.4, 0.5) is 5.69 Å². The molecule has 0 aliphatic rings. The number of hydrogen-bond acceptors (Lipinski definition) is 2. The Labute approximate surface area is 149 Å². The average Bonchev–Trinajstić information content (AvgIpc) is 2.07. The molecule has 0 atom stereocenters. The van der Waals surface area contributed by atoms with Crippen molar-refractivity contribution >= 4 is 34.9 Å². The van der Waals surface area contributed by atoms with Crippen molar-refractivity contribution < 1.29 is 68.9 Å². The van der Waals surface area contributed by atoms with Crippen molar-refractivity contribution in [3.05, 3.63) is 30.3 Å². The van der Waals surface area contributed by atoms with Gasteiger partial charge in [-0.25, -0.2) is 0 Å². The number of thiocarbonyl (C=S) groups is 1. The predicted molar refractivity (Wildman–Crippen MR) is 59.4 cm³/mol. The molecule has 0 radical (unpaired) electrons. The van der Waals surface area contributed by atoms with Gasteiger partial charge >= 0.3 is 68.9 Å². The van der Waals surface area contributed by atoms with Gasteiger partial charge in [0.05, 0.1) is 0 Å². The van der Waals surface area contributed by atoms with Gasteiger partial charge < -0.3 is 29.7 Å². The first-order valence-electron chi connectivity index (χ1n) is 3.79. The quantitative estimate of drug-likeness (QED) is 0.524. The molecule has 0 heterocycles. The summed E-state index contributed by atoms with van der Waals surface area (Å²) in [7, 11) is 0. The standard InChI is InChI=1S/C9H11NS2.Cs/c1-2-10(9(11)12)8-6-4-3-5-7-8;/h3-7H,2H2,1H3,(H,11,12);/q;+1/p-1. The molecule has 0 aliphatic heterocycles. The Morgan fingerprint density at radius 1 is 1.38 bits per heavy atom. The van der Waals surface area contributed by atoms with Crippen LogP contribution in [0, 0.1) is 0 Å². The Morgan fingerprint density at radius 3 is 2.31 bits per heavy atom. The second-order valence-electron chi connectivity index (χ2n) is 2.35. The number of nitrogens with zero attached hydrogens (tertiary/aromatic N) is 1. The van der Waals surface area contributed by atoms with Crippen LogP contribution in [-0.2, 0) is 12.6 Å². The van der Waals surface area contributed by atoms with Gasteiger partial charge in [-0.2, -0.15) is 0 Å². The smallest absolute Gasteiger partial charge is 0.411 e. The maximum Gasteiger partial charge on any atom is 1.00 e. The summed E-state index contributed by atoms with van der Waals surface area (Å²) in [6.07, 6.45) is 0. The molecule has 0 unspecified atom stereocenters. The summed E-state index contributed by atoms with van der Waals surface area (Å²) in [5.41, 5.74) is 1.07. The maximum atomic E-state index is 4.94. The van der Waals surface area contributed by atoms with Crippen molar-refractivity contribution in [3.8, 4) is 0 Å². The summed E-state index contributed by atoms with van der Waals surface area (Å²) in [6.45, 7) is 2.86. The third kappa shape index (κ3) is 4.61. The number of rotatable bonds is 2. The minimum Gasteiger partial charge on any atom is -0.411 e. The summed E-state index contributed by atoms with van der Waals surface area (Å²) in [4.78, 5) is 1.92. The second kappa shape index (κ2) is 7.64. The molecule has 1 rings (SSSR count). The topological polar surface area (TPSA) is 3.24 Å². The van der Waals surface area contributed by atoms with Crippen molar-refractivity contribution in [2.45, 2.75) is 6.92 Å². The van der Waals surface area contributed by atoms with E-state index in [-0.39, 0.29) is 68.9 Å². The zero-order valence-corrected chi connectivity index (χ0v) is 15.8. The van der Waals surface area contributed by atoms with E-state index >= 15 is 0 Å². The van der Waals surface area contributed by atoms with E-state index in [4.69, 9.17) is 24.8 Å². The second-order valence-corrected chi connectivity index (χ2v) is 3.38. The fourth-order valence-electron chi connectivity index (χ4n) is 1.03. The zero-order valence-electron chi connectivity index (χ0n) is 7.86. The Hall–Kier alpha value is 1.38. The predicted octanol–water partition coefficient (Wildman–Crippen LogP) is -0.651. The minimum absolute atomic E-state index is 0. The Morgan fingerprint density at radius 2 is 1.92 bits per heavy atom.